The van der Waals surface area contributed by atoms with Gasteiger partial charge in [0.15, 0.2) is 0 Å². The van der Waals surface area contributed by atoms with Crippen LogP contribution >= 0.6 is 0 Å². The molecule has 0 spiro atoms. The van der Waals surface area contributed by atoms with Gasteiger partial charge in [0, 0.05) is 18.4 Å². The third-order valence-corrected chi connectivity index (χ3v) is 2.65. The van der Waals surface area contributed by atoms with Crippen LogP contribution in [0, 0.1) is 0 Å². The Balaban J connectivity index is 2.82. The number of carbonyl (C=O) groups is 3. The first kappa shape index (κ1) is 14.6. The second-order valence-corrected chi connectivity index (χ2v) is 4.09. The summed E-state index contributed by atoms with van der Waals surface area (Å²) in [6.07, 6.45) is -0.299. The Morgan fingerprint density at radius 2 is 1.58 bits per heavy atom. The van der Waals surface area contributed by atoms with E-state index in [1.54, 1.807) is 24.3 Å². The molecule has 5 heteroatoms. The molecule has 0 atom stereocenters. The van der Waals surface area contributed by atoms with Crippen LogP contribution in [0.4, 0.5) is 0 Å². The lowest BCUT2D eigenvalue weighted by atomic mass is 9.99. The normalized spacial score (nSPS) is 11.6. The van der Waals surface area contributed by atoms with E-state index in [-0.39, 0.29) is 29.8 Å². The largest absolute Gasteiger partial charge is 0.478 e. The smallest absolute Gasteiger partial charge is 0.332 e. The number of carbonyl (C=O) groups excluding carboxylic acids is 1. The average Bonchev–Trinajstić information content (AvgIpc) is 2.36. The molecule has 1 aromatic carbocycles. The molecule has 1 rings (SSSR count). The van der Waals surface area contributed by atoms with Crippen LogP contribution in [0.2, 0.25) is 0 Å². The van der Waals surface area contributed by atoms with Crippen molar-refractivity contribution in [3.63, 3.8) is 0 Å². The van der Waals surface area contributed by atoms with Crippen molar-refractivity contribution in [1.29, 1.82) is 0 Å². The van der Waals surface area contributed by atoms with E-state index in [0.717, 1.165) is 5.56 Å². The van der Waals surface area contributed by atoms with Crippen LogP contribution in [0.5, 0.6) is 0 Å². The van der Waals surface area contributed by atoms with E-state index in [1.807, 2.05) is 6.07 Å². The standard InChI is InChI=1S/C14H14O5/c1-9(13(16)17)12(14(18)19)8-11(15)7-10-5-3-2-4-6-10/h2-6H,7-8H2,1H3,(H,16,17)(H,18,19). The molecular weight excluding hydrogens is 248 g/mol. The zero-order chi connectivity index (χ0) is 14.4. The molecule has 0 saturated heterocycles. The van der Waals surface area contributed by atoms with Crippen LogP contribution in [0.15, 0.2) is 41.5 Å². The molecule has 0 aliphatic carbocycles. The maximum absolute atomic E-state index is 11.8. The summed E-state index contributed by atoms with van der Waals surface area (Å²) < 4.78 is 0. The molecule has 0 aliphatic heterocycles. The molecular formula is C14H14O5. The summed E-state index contributed by atoms with van der Waals surface area (Å²) in [6, 6.07) is 8.88. The zero-order valence-electron chi connectivity index (χ0n) is 10.4. The highest BCUT2D eigenvalue weighted by Crippen LogP contribution is 2.12. The highest BCUT2D eigenvalue weighted by Gasteiger charge is 2.19. The Labute approximate surface area is 110 Å². The van der Waals surface area contributed by atoms with Gasteiger partial charge in [-0.3, -0.25) is 4.79 Å². The van der Waals surface area contributed by atoms with Crippen molar-refractivity contribution < 1.29 is 24.6 Å². The molecule has 0 heterocycles. The van der Waals surface area contributed by atoms with E-state index < -0.39 is 11.9 Å². The number of carboxylic acids is 2. The number of Topliss-reactive ketones (excluding diaryl/α,β-unsaturated/α-hetero) is 1. The maximum atomic E-state index is 11.8. The fraction of sp³-hybridized carbons (Fsp3) is 0.214. The van der Waals surface area contributed by atoms with Gasteiger partial charge >= 0.3 is 11.9 Å². The minimum Gasteiger partial charge on any atom is -0.478 e. The topological polar surface area (TPSA) is 91.7 Å². The van der Waals surface area contributed by atoms with Gasteiger partial charge in [0.2, 0.25) is 0 Å². The van der Waals surface area contributed by atoms with Crippen molar-refractivity contribution in [2.24, 2.45) is 0 Å². The number of hydrogen-bond acceptors (Lipinski definition) is 3. The number of hydrogen-bond donors (Lipinski definition) is 2. The average molecular weight is 262 g/mol. The van der Waals surface area contributed by atoms with Crippen molar-refractivity contribution in [3.05, 3.63) is 47.0 Å². The lowest BCUT2D eigenvalue weighted by molar-refractivity contribution is -0.136. The Hall–Kier alpha value is -2.43. The lowest BCUT2D eigenvalue weighted by Gasteiger charge is -2.05. The summed E-state index contributed by atoms with van der Waals surface area (Å²) >= 11 is 0. The summed E-state index contributed by atoms with van der Waals surface area (Å²) in [7, 11) is 0. The second-order valence-electron chi connectivity index (χ2n) is 4.09. The quantitative estimate of drug-likeness (QED) is 0.761. The number of rotatable bonds is 6. The molecule has 0 bridgehead atoms. The first-order valence-corrected chi connectivity index (χ1v) is 5.63. The van der Waals surface area contributed by atoms with E-state index in [4.69, 9.17) is 10.2 Å². The lowest BCUT2D eigenvalue weighted by Crippen LogP contribution is -2.14. The molecule has 100 valence electrons. The molecule has 0 radical (unpaired) electrons. The highest BCUT2D eigenvalue weighted by atomic mass is 16.4. The molecule has 5 nitrogen and oxygen atoms in total. The Morgan fingerprint density at radius 1 is 1.00 bits per heavy atom. The van der Waals surface area contributed by atoms with Gasteiger partial charge in [0.05, 0.1) is 5.57 Å². The summed E-state index contributed by atoms with van der Waals surface area (Å²) in [5, 5.41) is 17.7. The molecule has 0 amide bonds. The van der Waals surface area contributed by atoms with E-state index in [0.29, 0.717) is 0 Å². The van der Waals surface area contributed by atoms with E-state index in [2.05, 4.69) is 0 Å². The summed E-state index contributed by atoms with van der Waals surface area (Å²) in [6.45, 7) is 1.18. The molecule has 1 aromatic rings. The predicted octanol–water partition coefficient (Wildman–Crippen LogP) is 1.67. The molecule has 0 aliphatic rings. The third kappa shape index (κ3) is 4.39. The highest BCUT2D eigenvalue weighted by molar-refractivity contribution is 6.02. The van der Waals surface area contributed by atoms with Gasteiger partial charge in [-0.25, -0.2) is 9.59 Å². The van der Waals surface area contributed by atoms with E-state index in [1.165, 1.54) is 6.92 Å². The Kier molecular flexibility index (Phi) is 5.00. The van der Waals surface area contributed by atoms with Gasteiger partial charge in [-0.05, 0) is 12.5 Å². The van der Waals surface area contributed by atoms with Crippen molar-refractivity contribution in [2.75, 3.05) is 0 Å². The van der Waals surface area contributed by atoms with Gasteiger partial charge in [-0.2, -0.15) is 0 Å². The van der Waals surface area contributed by atoms with Gasteiger partial charge in [0.1, 0.15) is 5.78 Å². The number of ketones is 1. The second kappa shape index (κ2) is 6.49. The van der Waals surface area contributed by atoms with E-state index in [9.17, 15) is 14.4 Å². The van der Waals surface area contributed by atoms with Crippen molar-refractivity contribution in [3.8, 4) is 0 Å². The van der Waals surface area contributed by atoms with Crippen LogP contribution in [0.3, 0.4) is 0 Å². The van der Waals surface area contributed by atoms with Crippen molar-refractivity contribution in [1.82, 2.24) is 0 Å². The van der Waals surface area contributed by atoms with E-state index >= 15 is 0 Å². The SMILES string of the molecule is CC(C(=O)O)=C(CC(=O)Cc1ccccc1)C(=O)O. The van der Waals surface area contributed by atoms with Crippen LogP contribution in [0.25, 0.3) is 0 Å². The summed E-state index contributed by atoms with van der Waals surface area (Å²) in [4.78, 5) is 33.5. The van der Waals surface area contributed by atoms with Gasteiger partial charge in [-0.1, -0.05) is 30.3 Å². The van der Waals surface area contributed by atoms with Crippen molar-refractivity contribution >= 4 is 17.7 Å². The minimum absolute atomic E-state index is 0.0878. The number of aliphatic carboxylic acids is 2. The molecule has 0 unspecified atom stereocenters. The van der Waals surface area contributed by atoms with Crippen LogP contribution < -0.4 is 0 Å². The molecule has 0 aromatic heterocycles. The number of carboxylic acid groups (broad SMARTS) is 2. The van der Waals surface area contributed by atoms with Crippen LogP contribution in [-0.4, -0.2) is 27.9 Å². The minimum atomic E-state index is -1.37. The van der Waals surface area contributed by atoms with Crippen LogP contribution in [0.1, 0.15) is 18.9 Å². The fourth-order valence-corrected chi connectivity index (χ4v) is 1.58. The Morgan fingerprint density at radius 3 is 2.05 bits per heavy atom. The summed E-state index contributed by atoms with van der Waals surface area (Å²) in [5.74, 6) is -3.03. The predicted molar refractivity (Wildman–Crippen MR) is 67.7 cm³/mol. The van der Waals surface area contributed by atoms with Crippen molar-refractivity contribution in [2.45, 2.75) is 19.8 Å². The van der Waals surface area contributed by atoms with Gasteiger partial charge < -0.3 is 10.2 Å². The summed E-state index contributed by atoms with van der Waals surface area (Å²) in [5.41, 5.74) is 0.0903. The molecule has 0 fully saturated rings. The molecule has 19 heavy (non-hydrogen) atoms. The van der Waals surface area contributed by atoms with Gasteiger partial charge in [0.25, 0.3) is 0 Å². The third-order valence-electron chi connectivity index (χ3n) is 2.65. The molecule has 0 saturated carbocycles. The first-order valence-electron chi connectivity index (χ1n) is 5.63. The maximum Gasteiger partial charge on any atom is 0.332 e. The Bertz CT molecular complexity index is 528. The molecule has 2 N–H and O–H groups in total. The fourth-order valence-electron chi connectivity index (χ4n) is 1.58. The van der Waals surface area contributed by atoms with Crippen LogP contribution in [-0.2, 0) is 20.8 Å². The zero-order valence-corrected chi connectivity index (χ0v) is 10.4. The number of benzene rings is 1. The first-order chi connectivity index (χ1) is 8.91. The monoisotopic (exact) mass is 262 g/mol. The van der Waals surface area contributed by atoms with Gasteiger partial charge in [-0.15, -0.1) is 0 Å².